The van der Waals surface area contributed by atoms with Gasteiger partial charge >= 0.3 is 0 Å². The van der Waals surface area contributed by atoms with Crippen LogP contribution in [0.1, 0.15) is 25.1 Å². The van der Waals surface area contributed by atoms with Crippen LogP contribution in [0.3, 0.4) is 0 Å². The number of nitrogens with zero attached hydrogens (tertiary/aromatic N) is 2. The highest BCUT2D eigenvalue weighted by molar-refractivity contribution is 5.93. The Balaban J connectivity index is 1.76. The largest absolute Gasteiger partial charge is 0.330 e. The van der Waals surface area contributed by atoms with Gasteiger partial charge in [-0.2, -0.15) is 0 Å². The zero-order chi connectivity index (χ0) is 16.2. The van der Waals surface area contributed by atoms with Gasteiger partial charge in [0.25, 0.3) is 0 Å². The monoisotopic (exact) mass is 310 g/mol. The Morgan fingerprint density at radius 2 is 2.22 bits per heavy atom. The summed E-state index contributed by atoms with van der Waals surface area (Å²) in [5, 5.41) is 3.04. The van der Waals surface area contributed by atoms with Gasteiger partial charge in [0.2, 0.25) is 5.91 Å². The zero-order valence-corrected chi connectivity index (χ0v) is 13.3. The summed E-state index contributed by atoms with van der Waals surface area (Å²) in [5.41, 5.74) is 8.40. The van der Waals surface area contributed by atoms with Crippen molar-refractivity contribution in [1.82, 2.24) is 9.97 Å². The van der Waals surface area contributed by atoms with Crippen LogP contribution in [0, 0.1) is 18.8 Å². The molecule has 2 atom stereocenters. The number of carbonyl (C=O) groups excluding carboxylic acids is 1. The Bertz CT molecular complexity index is 701. The Morgan fingerprint density at radius 1 is 1.35 bits per heavy atom. The lowest BCUT2D eigenvalue weighted by atomic mass is 9.95. The highest BCUT2D eigenvalue weighted by Crippen LogP contribution is 2.32. The first kappa shape index (κ1) is 15.6. The van der Waals surface area contributed by atoms with Gasteiger partial charge in [-0.15, -0.1) is 0 Å². The van der Waals surface area contributed by atoms with Crippen molar-refractivity contribution in [2.24, 2.45) is 17.6 Å². The van der Waals surface area contributed by atoms with Gasteiger partial charge in [-0.3, -0.25) is 4.79 Å². The molecule has 120 valence electrons. The Labute approximate surface area is 136 Å². The van der Waals surface area contributed by atoms with Crippen LogP contribution in [-0.2, 0) is 4.79 Å². The molecule has 1 amide bonds. The minimum atomic E-state index is 0.0324. The summed E-state index contributed by atoms with van der Waals surface area (Å²) in [6, 6.07) is 9.64. The molecule has 1 fully saturated rings. The van der Waals surface area contributed by atoms with Crippen molar-refractivity contribution in [2.75, 3.05) is 11.9 Å². The molecule has 0 spiro atoms. The maximum Gasteiger partial charge on any atom is 0.227 e. The summed E-state index contributed by atoms with van der Waals surface area (Å²) >= 11 is 0. The van der Waals surface area contributed by atoms with E-state index in [-0.39, 0.29) is 11.8 Å². The summed E-state index contributed by atoms with van der Waals surface area (Å²) in [7, 11) is 0. The molecule has 1 heterocycles. The number of benzene rings is 1. The molecule has 5 nitrogen and oxygen atoms in total. The number of aromatic nitrogens is 2. The van der Waals surface area contributed by atoms with E-state index in [0.29, 0.717) is 12.5 Å². The van der Waals surface area contributed by atoms with Crippen LogP contribution in [0.15, 0.2) is 36.5 Å². The van der Waals surface area contributed by atoms with Gasteiger partial charge < -0.3 is 11.1 Å². The number of nitrogens with one attached hydrogen (secondary N) is 1. The van der Waals surface area contributed by atoms with Gasteiger partial charge in [0.1, 0.15) is 5.82 Å². The first-order chi connectivity index (χ1) is 11.2. The molecule has 0 bridgehead atoms. The minimum absolute atomic E-state index is 0.0324. The van der Waals surface area contributed by atoms with E-state index < -0.39 is 0 Å². The highest BCUT2D eigenvalue weighted by Gasteiger charge is 2.31. The normalized spacial score (nSPS) is 20.4. The standard InChI is InChI=1S/C18H22N4O/c1-12-20-9-8-17(21-12)13-4-2-6-15(10-13)22-18(23)16-7-3-5-14(16)11-19/h2,4,6,8-10,14,16H,3,5,7,11,19H2,1H3,(H,22,23)/t14-,16-/m1/s1. The third-order valence-corrected chi connectivity index (χ3v) is 4.50. The fraction of sp³-hybridized carbons (Fsp3) is 0.389. The third kappa shape index (κ3) is 3.56. The minimum Gasteiger partial charge on any atom is -0.330 e. The van der Waals surface area contributed by atoms with Crippen LogP contribution < -0.4 is 11.1 Å². The van der Waals surface area contributed by atoms with Crippen LogP contribution in [0.2, 0.25) is 0 Å². The van der Waals surface area contributed by atoms with Gasteiger partial charge in [-0.25, -0.2) is 9.97 Å². The summed E-state index contributed by atoms with van der Waals surface area (Å²) in [5.74, 6) is 1.15. The second kappa shape index (κ2) is 6.87. The lowest BCUT2D eigenvalue weighted by molar-refractivity contribution is -0.120. The number of amides is 1. The Morgan fingerprint density at radius 3 is 3.00 bits per heavy atom. The first-order valence-electron chi connectivity index (χ1n) is 8.08. The molecular weight excluding hydrogens is 288 g/mol. The quantitative estimate of drug-likeness (QED) is 0.910. The van der Waals surface area contributed by atoms with Crippen LogP contribution in [0.5, 0.6) is 0 Å². The van der Waals surface area contributed by atoms with Crippen molar-refractivity contribution in [3.05, 3.63) is 42.4 Å². The number of aryl methyl sites for hydroxylation is 1. The molecule has 1 aliphatic rings. The van der Waals surface area contributed by atoms with E-state index in [0.717, 1.165) is 42.0 Å². The molecule has 1 aliphatic carbocycles. The molecule has 3 N–H and O–H groups in total. The van der Waals surface area contributed by atoms with Gasteiger partial charge in [0.05, 0.1) is 5.69 Å². The second-order valence-electron chi connectivity index (χ2n) is 6.09. The third-order valence-electron chi connectivity index (χ3n) is 4.50. The lowest BCUT2D eigenvalue weighted by Gasteiger charge is -2.17. The highest BCUT2D eigenvalue weighted by atomic mass is 16.1. The van der Waals surface area contributed by atoms with Crippen molar-refractivity contribution in [3.8, 4) is 11.3 Å². The number of rotatable bonds is 4. The molecule has 1 saturated carbocycles. The molecular formula is C18H22N4O. The SMILES string of the molecule is Cc1nccc(-c2cccc(NC(=O)[C@@H]3CCC[C@@H]3CN)c2)n1. The zero-order valence-electron chi connectivity index (χ0n) is 13.3. The maximum atomic E-state index is 12.5. The average molecular weight is 310 g/mol. The fourth-order valence-corrected chi connectivity index (χ4v) is 3.27. The molecule has 1 aromatic carbocycles. The van der Waals surface area contributed by atoms with Crippen molar-refractivity contribution in [1.29, 1.82) is 0 Å². The van der Waals surface area contributed by atoms with Crippen molar-refractivity contribution in [3.63, 3.8) is 0 Å². The molecule has 1 aromatic heterocycles. The summed E-state index contributed by atoms with van der Waals surface area (Å²) in [6.45, 7) is 2.44. The van der Waals surface area contributed by atoms with Crippen molar-refractivity contribution < 1.29 is 4.79 Å². The molecule has 23 heavy (non-hydrogen) atoms. The topological polar surface area (TPSA) is 80.9 Å². The first-order valence-corrected chi connectivity index (χ1v) is 8.08. The molecule has 0 radical (unpaired) electrons. The summed E-state index contributed by atoms with van der Waals surface area (Å²) in [6.07, 6.45) is 4.81. The fourth-order valence-electron chi connectivity index (χ4n) is 3.27. The van der Waals surface area contributed by atoms with E-state index in [9.17, 15) is 4.79 Å². The van der Waals surface area contributed by atoms with E-state index in [1.165, 1.54) is 0 Å². The van der Waals surface area contributed by atoms with E-state index >= 15 is 0 Å². The van der Waals surface area contributed by atoms with Gasteiger partial charge in [0.15, 0.2) is 0 Å². The Kier molecular flexibility index (Phi) is 4.67. The van der Waals surface area contributed by atoms with Crippen molar-refractivity contribution in [2.45, 2.75) is 26.2 Å². The smallest absolute Gasteiger partial charge is 0.227 e. The Hall–Kier alpha value is -2.27. The molecule has 0 aliphatic heterocycles. The predicted molar refractivity (Wildman–Crippen MR) is 90.7 cm³/mol. The molecule has 0 saturated heterocycles. The molecule has 2 aromatic rings. The van der Waals surface area contributed by atoms with Crippen LogP contribution >= 0.6 is 0 Å². The van der Waals surface area contributed by atoms with Crippen LogP contribution in [-0.4, -0.2) is 22.4 Å². The van der Waals surface area contributed by atoms with Crippen LogP contribution in [0.4, 0.5) is 5.69 Å². The lowest BCUT2D eigenvalue weighted by Crippen LogP contribution is -2.29. The predicted octanol–water partition coefficient (Wildman–Crippen LogP) is 2.77. The summed E-state index contributed by atoms with van der Waals surface area (Å²) in [4.78, 5) is 21.0. The van der Waals surface area contributed by atoms with Crippen LogP contribution in [0.25, 0.3) is 11.3 Å². The number of carbonyl (C=O) groups is 1. The van der Waals surface area contributed by atoms with E-state index in [2.05, 4.69) is 15.3 Å². The molecule has 5 heteroatoms. The van der Waals surface area contributed by atoms with E-state index in [1.54, 1.807) is 6.20 Å². The van der Waals surface area contributed by atoms with E-state index in [1.807, 2.05) is 37.3 Å². The molecule has 3 rings (SSSR count). The van der Waals surface area contributed by atoms with E-state index in [4.69, 9.17) is 5.73 Å². The number of hydrogen-bond acceptors (Lipinski definition) is 4. The molecule has 0 unspecified atom stereocenters. The summed E-state index contributed by atoms with van der Waals surface area (Å²) < 4.78 is 0. The number of nitrogens with two attached hydrogens (primary N) is 1. The average Bonchev–Trinajstić information content (AvgIpc) is 3.04. The maximum absolute atomic E-state index is 12.5. The van der Waals surface area contributed by atoms with Crippen molar-refractivity contribution >= 4 is 11.6 Å². The number of hydrogen-bond donors (Lipinski definition) is 2. The number of anilines is 1. The van der Waals surface area contributed by atoms with Gasteiger partial charge in [0, 0.05) is 23.4 Å². The second-order valence-corrected chi connectivity index (χ2v) is 6.09. The van der Waals surface area contributed by atoms with Gasteiger partial charge in [-0.1, -0.05) is 18.6 Å². The van der Waals surface area contributed by atoms with Gasteiger partial charge in [-0.05, 0) is 50.4 Å².